The number of rotatable bonds is 4. The maximum atomic E-state index is 12.8. The van der Waals surface area contributed by atoms with Gasteiger partial charge in [0.1, 0.15) is 5.15 Å². The minimum Gasteiger partial charge on any atom is -0.244 e. The van der Waals surface area contributed by atoms with Crippen LogP contribution in [0.5, 0.6) is 0 Å². The highest BCUT2D eigenvalue weighted by Gasteiger charge is 2.28. The largest absolute Gasteiger partial charge is 0.244 e. The Morgan fingerprint density at radius 2 is 2.13 bits per heavy atom. The Balaban J connectivity index is 2.24. The van der Waals surface area contributed by atoms with Crippen LogP contribution in [0.4, 0.5) is 0 Å². The van der Waals surface area contributed by atoms with Crippen LogP contribution in [0.3, 0.4) is 0 Å². The van der Waals surface area contributed by atoms with Gasteiger partial charge in [-0.15, -0.1) is 0 Å². The Labute approximate surface area is 149 Å². The molecule has 1 N–H and O–H groups in total. The van der Waals surface area contributed by atoms with E-state index in [0.29, 0.717) is 17.1 Å². The van der Waals surface area contributed by atoms with Crippen LogP contribution in [-0.2, 0) is 16.4 Å². The molecule has 1 aliphatic rings. The average Bonchev–Trinajstić information content (AvgIpc) is 2.86. The highest BCUT2D eigenvalue weighted by atomic mass is 79.9. The lowest BCUT2D eigenvalue weighted by molar-refractivity contribution is 0.561. The molecule has 0 saturated carbocycles. The number of benzene rings is 1. The molecule has 23 heavy (non-hydrogen) atoms. The molecule has 124 valence electrons. The zero-order valence-corrected chi connectivity index (χ0v) is 16.1. The second-order valence-corrected chi connectivity index (χ2v) is 9.48. The molecule has 1 unspecified atom stereocenters. The minimum absolute atomic E-state index is 0.225. The molecule has 1 heterocycles. The van der Waals surface area contributed by atoms with Crippen molar-refractivity contribution < 1.29 is 8.42 Å². The lowest BCUT2D eigenvalue weighted by Gasteiger charge is -2.15. The number of nitrogens with zero attached hydrogens (tertiary/aromatic N) is 1. The van der Waals surface area contributed by atoms with Crippen molar-refractivity contribution in [3.8, 4) is 0 Å². The number of fused-ring (bicyclic) bond motifs is 3. The average molecular weight is 418 g/mol. The van der Waals surface area contributed by atoms with Gasteiger partial charge >= 0.3 is 0 Å². The van der Waals surface area contributed by atoms with E-state index in [1.165, 1.54) is 0 Å². The van der Waals surface area contributed by atoms with Gasteiger partial charge in [-0.1, -0.05) is 41.4 Å². The maximum Gasteiger partial charge on any atom is 0.241 e. The Kier molecular flexibility index (Phi) is 4.71. The van der Waals surface area contributed by atoms with E-state index in [0.717, 1.165) is 29.4 Å². The number of pyridine rings is 1. The number of hydrogen-bond acceptors (Lipinski definition) is 3. The summed E-state index contributed by atoms with van der Waals surface area (Å²) >= 11 is 9.69. The maximum absolute atomic E-state index is 12.8. The van der Waals surface area contributed by atoms with Gasteiger partial charge in [0, 0.05) is 28.3 Å². The van der Waals surface area contributed by atoms with Crippen LogP contribution in [0.25, 0.3) is 10.8 Å². The molecular weight excluding hydrogens is 400 g/mol. The molecule has 1 aromatic carbocycles. The van der Waals surface area contributed by atoms with E-state index in [1.54, 1.807) is 18.3 Å². The molecule has 0 spiro atoms. The van der Waals surface area contributed by atoms with E-state index in [2.05, 4.69) is 25.6 Å². The molecule has 0 fully saturated rings. The van der Waals surface area contributed by atoms with Crippen LogP contribution >= 0.6 is 27.5 Å². The first-order chi connectivity index (χ1) is 10.8. The topological polar surface area (TPSA) is 59.1 Å². The molecule has 4 nitrogen and oxygen atoms in total. The number of sulfonamides is 1. The Morgan fingerprint density at radius 3 is 2.83 bits per heavy atom. The summed E-state index contributed by atoms with van der Waals surface area (Å²) in [5, 5.41) is 1.78. The fourth-order valence-electron chi connectivity index (χ4n) is 2.91. The van der Waals surface area contributed by atoms with Crippen molar-refractivity contribution in [2.45, 2.75) is 36.4 Å². The fraction of sp³-hybridized carbons (Fsp3) is 0.438. The Morgan fingerprint density at radius 1 is 1.39 bits per heavy atom. The first-order valence-electron chi connectivity index (χ1n) is 7.54. The third-order valence-electron chi connectivity index (χ3n) is 4.03. The summed E-state index contributed by atoms with van der Waals surface area (Å²) in [6.07, 6.45) is 3.49. The second-order valence-electron chi connectivity index (χ2n) is 6.25. The van der Waals surface area contributed by atoms with Crippen molar-refractivity contribution in [2.75, 3.05) is 6.54 Å². The van der Waals surface area contributed by atoms with E-state index in [1.807, 2.05) is 13.8 Å². The van der Waals surface area contributed by atoms with Crippen molar-refractivity contribution >= 4 is 48.3 Å². The number of aromatic nitrogens is 1. The van der Waals surface area contributed by atoms with Gasteiger partial charge in [0.25, 0.3) is 0 Å². The van der Waals surface area contributed by atoms with Crippen LogP contribution in [0, 0.1) is 5.92 Å². The molecule has 0 saturated heterocycles. The minimum atomic E-state index is -3.59. The van der Waals surface area contributed by atoms with E-state index in [-0.39, 0.29) is 15.6 Å². The molecule has 1 aliphatic carbocycles. The normalized spacial score (nSPS) is 17.9. The third-order valence-corrected chi connectivity index (χ3v) is 6.61. The Bertz CT molecular complexity index is 868. The van der Waals surface area contributed by atoms with Crippen LogP contribution in [-0.4, -0.2) is 19.9 Å². The number of hydrogen-bond donors (Lipinski definition) is 1. The predicted octanol–water partition coefficient (Wildman–Crippen LogP) is 4.20. The molecule has 0 radical (unpaired) electrons. The molecule has 3 rings (SSSR count). The summed E-state index contributed by atoms with van der Waals surface area (Å²) in [6.45, 7) is 4.35. The van der Waals surface area contributed by atoms with Crippen molar-refractivity contribution in [3.05, 3.63) is 34.6 Å². The standard InChI is InChI=1S/C16H18BrClN2O2S/c1-9(2)7-20-23(21,22)14-5-10-3-4-13(17)16(10)12-8-19-15(18)6-11(12)14/h5-6,8-9,13,20H,3-4,7H2,1-2H3. The van der Waals surface area contributed by atoms with E-state index in [9.17, 15) is 8.42 Å². The highest BCUT2D eigenvalue weighted by Crippen LogP contribution is 2.44. The van der Waals surface area contributed by atoms with E-state index < -0.39 is 10.0 Å². The van der Waals surface area contributed by atoms with Crippen molar-refractivity contribution in [1.82, 2.24) is 9.71 Å². The molecule has 1 atom stereocenters. The lowest BCUT2D eigenvalue weighted by atomic mass is 10.0. The molecule has 0 bridgehead atoms. The molecule has 7 heteroatoms. The predicted molar refractivity (Wildman–Crippen MR) is 96.8 cm³/mol. The van der Waals surface area contributed by atoms with Gasteiger partial charge in [-0.05, 0) is 42.0 Å². The van der Waals surface area contributed by atoms with Gasteiger partial charge < -0.3 is 0 Å². The third kappa shape index (κ3) is 3.27. The highest BCUT2D eigenvalue weighted by molar-refractivity contribution is 9.09. The second kappa shape index (κ2) is 6.31. The van der Waals surface area contributed by atoms with Gasteiger partial charge in [0.15, 0.2) is 0 Å². The number of aryl methyl sites for hydroxylation is 1. The fourth-order valence-corrected chi connectivity index (χ4v) is 5.31. The SMILES string of the molecule is CC(C)CNS(=O)(=O)c1cc2c(c3cnc(Cl)cc13)C(Br)CC2. The monoisotopic (exact) mass is 416 g/mol. The molecule has 0 aliphatic heterocycles. The lowest BCUT2D eigenvalue weighted by Crippen LogP contribution is -2.27. The van der Waals surface area contributed by atoms with Crippen LogP contribution in [0.2, 0.25) is 5.15 Å². The summed E-state index contributed by atoms with van der Waals surface area (Å²) in [5.74, 6) is 0.239. The molecule has 1 aromatic heterocycles. The van der Waals surface area contributed by atoms with Gasteiger partial charge in [0.05, 0.1) is 4.90 Å². The Hall–Kier alpha value is -0.690. The van der Waals surface area contributed by atoms with Crippen LogP contribution in [0.15, 0.2) is 23.2 Å². The molecule has 2 aromatic rings. The van der Waals surface area contributed by atoms with E-state index >= 15 is 0 Å². The first-order valence-corrected chi connectivity index (χ1v) is 10.3. The quantitative estimate of drug-likeness (QED) is 0.599. The molecular formula is C16H18BrClN2O2S. The van der Waals surface area contributed by atoms with Gasteiger partial charge in [-0.2, -0.15) is 0 Å². The zero-order chi connectivity index (χ0) is 16.8. The van der Waals surface area contributed by atoms with Gasteiger partial charge in [0.2, 0.25) is 10.0 Å². The number of nitrogens with one attached hydrogen (secondary N) is 1. The van der Waals surface area contributed by atoms with Gasteiger partial charge in [-0.3, -0.25) is 0 Å². The summed E-state index contributed by atoms with van der Waals surface area (Å²) in [4.78, 5) is 4.66. The van der Waals surface area contributed by atoms with Crippen LogP contribution in [0.1, 0.15) is 36.2 Å². The smallest absolute Gasteiger partial charge is 0.241 e. The summed E-state index contributed by atoms with van der Waals surface area (Å²) in [7, 11) is -3.59. The number of alkyl halides is 1. The first kappa shape index (κ1) is 17.1. The zero-order valence-electron chi connectivity index (χ0n) is 12.9. The summed E-state index contributed by atoms with van der Waals surface area (Å²) < 4.78 is 28.2. The summed E-state index contributed by atoms with van der Waals surface area (Å²) in [6, 6.07) is 3.43. The van der Waals surface area contributed by atoms with Crippen molar-refractivity contribution in [3.63, 3.8) is 0 Å². The van der Waals surface area contributed by atoms with E-state index in [4.69, 9.17) is 11.6 Å². The van der Waals surface area contributed by atoms with Crippen molar-refractivity contribution in [1.29, 1.82) is 0 Å². The molecule has 0 amide bonds. The number of halogens is 2. The van der Waals surface area contributed by atoms with Crippen LogP contribution < -0.4 is 4.72 Å². The van der Waals surface area contributed by atoms with Crippen molar-refractivity contribution in [2.24, 2.45) is 5.92 Å². The van der Waals surface area contributed by atoms with Gasteiger partial charge in [-0.25, -0.2) is 18.1 Å². The summed E-state index contributed by atoms with van der Waals surface area (Å²) in [5.41, 5.74) is 2.19.